The Balaban J connectivity index is 1.52. The summed E-state index contributed by atoms with van der Waals surface area (Å²) in [5.41, 5.74) is -0.979. The van der Waals surface area contributed by atoms with Gasteiger partial charge in [0.05, 0.1) is 41.9 Å². The zero-order chi connectivity index (χ0) is 22.5. The van der Waals surface area contributed by atoms with Crippen molar-refractivity contribution in [3.05, 3.63) is 59.2 Å². The summed E-state index contributed by atoms with van der Waals surface area (Å²) in [5, 5.41) is 20.4. The summed E-state index contributed by atoms with van der Waals surface area (Å²) in [6, 6.07) is 14.5. The molecule has 0 saturated carbocycles. The number of thioether (sulfide) groups is 1. The van der Waals surface area contributed by atoms with Crippen LogP contribution in [0.1, 0.15) is 0 Å². The SMILES string of the molecule is O=C1OC(CS(=O)c2nc3ccccc3s2)(C(=O)O)C(Sc2nc3ccccc3s2)=C1O. The number of cyclic esters (lactones) is 1. The summed E-state index contributed by atoms with van der Waals surface area (Å²) < 4.78 is 20.5. The van der Waals surface area contributed by atoms with Gasteiger partial charge in [0.2, 0.25) is 5.76 Å². The number of hydrogen-bond acceptors (Lipinski definition) is 10. The van der Waals surface area contributed by atoms with Crippen LogP contribution in [0, 0.1) is 0 Å². The second-order valence-corrected chi connectivity index (χ2v) is 11.6. The first-order valence-electron chi connectivity index (χ1n) is 9.05. The van der Waals surface area contributed by atoms with Gasteiger partial charge in [-0.15, -0.1) is 22.7 Å². The van der Waals surface area contributed by atoms with Crippen molar-refractivity contribution < 1.29 is 28.7 Å². The quantitative estimate of drug-likeness (QED) is 0.375. The number of hydrogen-bond donors (Lipinski definition) is 2. The molecule has 1 aliphatic heterocycles. The van der Waals surface area contributed by atoms with Crippen LogP contribution >= 0.6 is 34.4 Å². The van der Waals surface area contributed by atoms with Crippen LogP contribution in [0.25, 0.3) is 20.4 Å². The van der Waals surface area contributed by atoms with Gasteiger partial charge in [-0.05, 0) is 24.3 Å². The minimum atomic E-state index is -2.31. The number of esters is 1. The van der Waals surface area contributed by atoms with Gasteiger partial charge in [0, 0.05) is 0 Å². The minimum absolute atomic E-state index is 0.207. The molecule has 3 heterocycles. The van der Waals surface area contributed by atoms with Crippen molar-refractivity contribution in [3.63, 3.8) is 0 Å². The predicted molar refractivity (Wildman–Crippen MR) is 122 cm³/mol. The molecule has 162 valence electrons. The predicted octanol–water partition coefficient (Wildman–Crippen LogP) is 3.96. The number of carboxylic acid groups (broad SMARTS) is 1. The number of carbonyl (C=O) groups is 2. The molecule has 2 N–H and O–H groups in total. The molecule has 0 aliphatic carbocycles. The van der Waals surface area contributed by atoms with Crippen molar-refractivity contribution in [2.75, 3.05) is 5.75 Å². The number of thiazole rings is 2. The molecule has 0 fully saturated rings. The van der Waals surface area contributed by atoms with Crippen LogP contribution in [0.4, 0.5) is 0 Å². The van der Waals surface area contributed by atoms with E-state index in [1.165, 1.54) is 22.7 Å². The number of aromatic nitrogens is 2. The maximum Gasteiger partial charge on any atom is 0.375 e. The first kappa shape index (κ1) is 21.1. The zero-order valence-corrected chi connectivity index (χ0v) is 19.1. The zero-order valence-electron chi connectivity index (χ0n) is 15.9. The molecular weight excluding hydrogens is 492 g/mol. The summed E-state index contributed by atoms with van der Waals surface area (Å²) >= 11 is 3.27. The van der Waals surface area contributed by atoms with E-state index < -0.39 is 39.9 Å². The Kier molecular flexibility index (Phi) is 5.24. The average Bonchev–Trinajstić information content (AvgIpc) is 3.45. The third kappa shape index (κ3) is 3.48. The molecular formula is C20H12N2O6S4. The van der Waals surface area contributed by atoms with Gasteiger partial charge >= 0.3 is 11.9 Å². The number of aliphatic carboxylic acids is 1. The number of carboxylic acids is 1. The van der Waals surface area contributed by atoms with E-state index in [4.69, 9.17) is 4.74 Å². The Labute approximate surface area is 195 Å². The highest BCUT2D eigenvalue weighted by Gasteiger charge is 2.56. The van der Waals surface area contributed by atoms with E-state index >= 15 is 0 Å². The Hall–Kier alpha value is -2.80. The van der Waals surface area contributed by atoms with Crippen molar-refractivity contribution in [1.82, 2.24) is 9.97 Å². The first-order chi connectivity index (χ1) is 15.4. The summed E-state index contributed by atoms with van der Waals surface area (Å²) in [6.07, 6.45) is 0. The van der Waals surface area contributed by atoms with Gasteiger partial charge in [-0.1, -0.05) is 36.0 Å². The van der Waals surface area contributed by atoms with Gasteiger partial charge in [-0.25, -0.2) is 19.6 Å². The topological polar surface area (TPSA) is 127 Å². The average molecular weight is 505 g/mol. The van der Waals surface area contributed by atoms with E-state index in [1.54, 1.807) is 18.2 Å². The summed E-state index contributed by atoms with van der Waals surface area (Å²) in [6.45, 7) is 0. The highest BCUT2D eigenvalue weighted by Crippen LogP contribution is 2.46. The van der Waals surface area contributed by atoms with Crippen LogP contribution in [0.15, 0.2) is 67.9 Å². The molecule has 12 heteroatoms. The molecule has 2 atom stereocenters. The molecule has 2 aromatic carbocycles. The van der Waals surface area contributed by atoms with Gasteiger partial charge in [-0.2, -0.15) is 0 Å². The van der Waals surface area contributed by atoms with Gasteiger partial charge in [0.15, 0.2) is 8.68 Å². The van der Waals surface area contributed by atoms with Gasteiger partial charge in [-0.3, -0.25) is 4.21 Å². The smallest absolute Gasteiger partial charge is 0.375 e. The molecule has 32 heavy (non-hydrogen) atoms. The Bertz CT molecular complexity index is 1390. The lowest BCUT2D eigenvalue weighted by molar-refractivity contribution is -0.165. The minimum Gasteiger partial charge on any atom is -0.501 e. The van der Waals surface area contributed by atoms with Crippen molar-refractivity contribution in [3.8, 4) is 0 Å². The number of benzene rings is 2. The number of nitrogens with zero attached hydrogens (tertiary/aromatic N) is 2. The normalized spacial score (nSPS) is 19.6. The van der Waals surface area contributed by atoms with Crippen molar-refractivity contribution in [2.45, 2.75) is 14.3 Å². The summed E-state index contributed by atoms with van der Waals surface area (Å²) in [5.74, 6) is -4.13. The van der Waals surface area contributed by atoms with Crippen molar-refractivity contribution in [2.24, 2.45) is 0 Å². The lowest BCUT2D eigenvalue weighted by atomic mass is 10.1. The molecule has 0 saturated heterocycles. The standard InChI is InChI=1S/C20H12N2O6S4/c23-14-15(31-18-21-10-5-1-3-7-12(10)29-18)20(17(25)26,28-16(14)24)9-32(27)19-22-11-6-2-4-8-13(11)30-19/h1-8,23H,9H2,(H,25,26). The molecule has 0 radical (unpaired) electrons. The summed E-state index contributed by atoms with van der Waals surface area (Å²) in [7, 11) is -1.92. The van der Waals surface area contributed by atoms with Crippen molar-refractivity contribution in [1.29, 1.82) is 0 Å². The third-order valence-electron chi connectivity index (χ3n) is 4.65. The van der Waals surface area contributed by atoms with Crippen LogP contribution in [-0.4, -0.2) is 47.7 Å². The fourth-order valence-electron chi connectivity index (χ4n) is 3.14. The fourth-order valence-corrected chi connectivity index (χ4v) is 8.02. The molecule has 2 unspecified atom stereocenters. The second-order valence-electron chi connectivity index (χ2n) is 6.69. The first-order valence-corrected chi connectivity index (χ1v) is 12.8. The van der Waals surface area contributed by atoms with Crippen LogP contribution in [0.5, 0.6) is 0 Å². The van der Waals surface area contributed by atoms with Crippen LogP contribution < -0.4 is 0 Å². The van der Waals surface area contributed by atoms with Gasteiger partial charge in [0.25, 0.3) is 5.60 Å². The molecule has 2 aromatic heterocycles. The Morgan fingerprint density at radius 3 is 2.31 bits per heavy atom. The number of fused-ring (bicyclic) bond motifs is 2. The largest absolute Gasteiger partial charge is 0.501 e. The molecule has 1 aliphatic rings. The Morgan fingerprint density at radius 2 is 1.69 bits per heavy atom. The van der Waals surface area contributed by atoms with Crippen molar-refractivity contribution >= 4 is 77.6 Å². The maximum atomic E-state index is 13.1. The summed E-state index contributed by atoms with van der Waals surface area (Å²) in [4.78, 5) is 33.0. The molecule has 0 spiro atoms. The van der Waals surface area contributed by atoms with Crippen LogP contribution in [0.2, 0.25) is 0 Å². The molecule has 0 amide bonds. The lowest BCUT2D eigenvalue weighted by Crippen LogP contribution is -2.45. The maximum absolute atomic E-state index is 13.1. The Morgan fingerprint density at radius 1 is 1.06 bits per heavy atom. The number of ether oxygens (including phenoxy) is 1. The van der Waals surface area contributed by atoms with E-state index in [0.717, 1.165) is 21.2 Å². The van der Waals surface area contributed by atoms with E-state index in [9.17, 15) is 24.0 Å². The second kappa shape index (κ2) is 7.96. The molecule has 4 aromatic rings. The highest BCUT2D eigenvalue weighted by molar-refractivity contribution is 8.05. The number of para-hydroxylation sites is 2. The number of carbonyl (C=O) groups excluding carboxylic acids is 1. The van der Waals surface area contributed by atoms with E-state index in [1.807, 2.05) is 30.3 Å². The van der Waals surface area contributed by atoms with E-state index in [-0.39, 0.29) is 9.24 Å². The van der Waals surface area contributed by atoms with Gasteiger partial charge < -0.3 is 14.9 Å². The lowest BCUT2D eigenvalue weighted by Gasteiger charge is -2.24. The van der Waals surface area contributed by atoms with E-state index in [2.05, 4.69) is 9.97 Å². The molecule has 0 bridgehead atoms. The van der Waals surface area contributed by atoms with Gasteiger partial charge in [0.1, 0.15) is 0 Å². The highest BCUT2D eigenvalue weighted by atomic mass is 32.2. The molecule has 8 nitrogen and oxygen atoms in total. The molecule has 5 rings (SSSR count). The fraction of sp³-hybridized carbons (Fsp3) is 0.100. The number of rotatable bonds is 6. The monoisotopic (exact) mass is 504 g/mol. The van der Waals surface area contributed by atoms with Crippen LogP contribution in [0.3, 0.4) is 0 Å². The third-order valence-corrected chi connectivity index (χ3v) is 9.77. The van der Waals surface area contributed by atoms with E-state index in [0.29, 0.717) is 15.4 Å². The number of aliphatic hydroxyl groups excluding tert-OH is 1. The number of aliphatic hydroxyl groups is 1. The van der Waals surface area contributed by atoms with Crippen LogP contribution in [-0.2, 0) is 25.1 Å².